The fraction of sp³-hybridized carbons (Fsp3) is 0.318. The Bertz CT molecular complexity index is 1270. The maximum absolute atomic E-state index is 12.8. The number of methoxy groups -OCH3 is 1. The number of aromatic hydroxyl groups is 3. The van der Waals surface area contributed by atoms with Crippen LogP contribution in [0.25, 0.3) is 22.3 Å². The van der Waals surface area contributed by atoms with E-state index in [4.69, 9.17) is 24.4 Å². The first-order chi connectivity index (χ1) is 16.2. The van der Waals surface area contributed by atoms with Gasteiger partial charge in [0.2, 0.25) is 17.5 Å². The zero-order chi connectivity index (χ0) is 24.7. The van der Waals surface area contributed by atoms with E-state index in [1.807, 2.05) is 0 Å². The van der Waals surface area contributed by atoms with E-state index >= 15 is 0 Å². The van der Waals surface area contributed by atoms with Gasteiger partial charge in [0.25, 0.3) is 0 Å². The van der Waals surface area contributed by atoms with Gasteiger partial charge in [0, 0.05) is 17.7 Å². The molecule has 12 nitrogen and oxygen atoms in total. The number of hydrogen-bond acceptors (Lipinski definition) is 12. The lowest BCUT2D eigenvalue weighted by Gasteiger charge is -2.40. The lowest BCUT2D eigenvalue weighted by atomic mass is 9.98. The van der Waals surface area contributed by atoms with Crippen molar-refractivity contribution >= 4 is 11.0 Å². The fourth-order valence-electron chi connectivity index (χ4n) is 3.69. The summed E-state index contributed by atoms with van der Waals surface area (Å²) in [5.74, 6) is -1.77. The van der Waals surface area contributed by atoms with Gasteiger partial charge in [0.15, 0.2) is 17.3 Å². The molecule has 5 atom stereocenters. The fourth-order valence-corrected chi connectivity index (χ4v) is 3.69. The highest BCUT2D eigenvalue weighted by Gasteiger charge is 2.43. The lowest BCUT2D eigenvalue weighted by Crippen LogP contribution is -2.63. The summed E-state index contributed by atoms with van der Waals surface area (Å²) >= 11 is 0. The van der Waals surface area contributed by atoms with E-state index in [1.54, 1.807) is 0 Å². The third kappa shape index (κ3) is 3.97. The van der Waals surface area contributed by atoms with Gasteiger partial charge in [-0.3, -0.25) is 4.79 Å². The molecule has 2 aromatic carbocycles. The van der Waals surface area contributed by atoms with Crippen LogP contribution in [0.4, 0.5) is 0 Å². The summed E-state index contributed by atoms with van der Waals surface area (Å²) in [6, 6.07) is 5.10. The van der Waals surface area contributed by atoms with Crippen LogP contribution in [0, 0.1) is 0 Å². The van der Waals surface area contributed by atoms with Gasteiger partial charge in [-0.25, -0.2) is 0 Å². The molecule has 0 spiro atoms. The standard InChI is InChI=1S/C22H23NO11/c1-31-12-4-8(2-3-10(12)25)21-20(30)18(28)15-11(26)5-9(6-13(15)33-21)32-22-16(23)19(29)17(27)14(7-24)34-22/h2-6,14,16-17,19,22,24-27,29-30H,7,23H2,1H3/t14-,16+,17+,19+,22-/m0/s1. The molecule has 1 fully saturated rings. The average molecular weight is 477 g/mol. The molecule has 1 aromatic heterocycles. The zero-order valence-electron chi connectivity index (χ0n) is 17.8. The van der Waals surface area contributed by atoms with E-state index in [-0.39, 0.29) is 39.5 Å². The molecule has 34 heavy (non-hydrogen) atoms. The van der Waals surface area contributed by atoms with Gasteiger partial charge in [-0.15, -0.1) is 0 Å². The highest BCUT2D eigenvalue weighted by atomic mass is 16.7. The van der Waals surface area contributed by atoms with Crippen LogP contribution in [0.2, 0.25) is 0 Å². The van der Waals surface area contributed by atoms with Gasteiger partial charge in [0.05, 0.1) is 19.8 Å². The number of benzene rings is 2. The number of aliphatic hydroxyl groups excluding tert-OH is 3. The normalized spacial score (nSPS) is 24.8. The van der Waals surface area contributed by atoms with Crippen molar-refractivity contribution in [3.8, 4) is 40.1 Å². The van der Waals surface area contributed by atoms with Crippen LogP contribution in [-0.4, -0.2) is 75.0 Å². The van der Waals surface area contributed by atoms with Crippen molar-refractivity contribution in [1.82, 2.24) is 0 Å². The summed E-state index contributed by atoms with van der Waals surface area (Å²) < 4.78 is 21.7. The minimum Gasteiger partial charge on any atom is -0.507 e. The molecule has 182 valence electrons. The van der Waals surface area contributed by atoms with Crippen molar-refractivity contribution < 1.29 is 49.3 Å². The van der Waals surface area contributed by atoms with Gasteiger partial charge >= 0.3 is 0 Å². The molecule has 2 heterocycles. The van der Waals surface area contributed by atoms with Gasteiger partial charge in [0.1, 0.15) is 40.8 Å². The molecule has 8 N–H and O–H groups in total. The second kappa shape index (κ2) is 9.00. The van der Waals surface area contributed by atoms with Crippen LogP contribution in [0.3, 0.4) is 0 Å². The molecule has 0 aliphatic carbocycles. The number of phenolic OH excluding ortho intramolecular Hbond substituents is 2. The van der Waals surface area contributed by atoms with E-state index in [2.05, 4.69) is 0 Å². The van der Waals surface area contributed by atoms with Crippen molar-refractivity contribution in [2.24, 2.45) is 5.73 Å². The summed E-state index contributed by atoms with van der Waals surface area (Å²) in [7, 11) is 1.33. The van der Waals surface area contributed by atoms with Crippen LogP contribution in [-0.2, 0) is 4.74 Å². The Kier molecular flexibility index (Phi) is 6.25. The predicted octanol–water partition coefficient (Wildman–Crippen LogP) is -0.270. The summed E-state index contributed by atoms with van der Waals surface area (Å²) in [5.41, 5.74) is 4.99. The Labute approximate surface area is 191 Å². The Balaban J connectivity index is 1.77. The van der Waals surface area contributed by atoms with Gasteiger partial charge < -0.3 is 55.0 Å². The molecule has 3 aromatic rings. The average Bonchev–Trinajstić information content (AvgIpc) is 2.81. The second-order valence-electron chi connectivity index (χ2n) is 7.71. The van der Waals surface area contributed by atoms with Crippen LogP contribution in [0.15, 0.2) is 39.5 Å². The molecule has 1 aliphatic rings. The molecule has 1 saturated heterocycles. The Hall–Kier alpha value is -3.55. The molecular formula is C22H23NO11. The molecule has 0 amide bonds. The van der Waals surface area contributed by atoms with E-state index in [0.717, 1.165) is 6.07 Å². The van der Waals surface area contributed by atoms with Crippen molar-refractivity contribution in [2.75, 3.05) is 13.7 Å². The molecule has 0 saturated carbocycles. The summed E-state index contributed by atoms with van der Waals surface area (Å²) in [5, 5.41) is 59.7. The highest BCUT2D eigenvalue weighted by Crippen LogP contribution is 2.38. The topological polar surface area (TPSA) is 205 Å². The maximum atomic E-state index is 12.8. The maximum Gasteiger partial charge on any atom is 0.238 e. The zero-order valence-corrected chi connectivity index (χ0v) is 17.8. The van der Waals surface area contributed by atoms with E-state index < -0.39 is 54.2 Å². The number of nitrogens with two attached hydrogens (primary N) is 1. The Morgan fingerprint density at radius 1 is 1.06 bits per heavy atom. The van der Waals surface area contributed by atoms with Crippen molar-refractivity contribution in [3.63, 3.8) is 0 Å². The van der Waals surface area contributed by atoms with Gasteiger partial charge in [-0.05, 0) is 18.2 Å². The van der Waals surface area contributed by atoms with E-state index in [0.29, 0.717) is 0 Å². The molecule has 0 bridgehead atoms. The number of phenols is 2. The van der Waals surface area contributed by atoms with Crippen LogP contribution < -0.4 is 20.6 Å². The minimum absolute atomic E-state index is 0.0715. The van der Waals surface area contributed by atoms with Crippen LogP contribution in [0.1, 0.15) is 0 Å². The summed E-state index contributed by atoms with van der Waals surface area (Å²) in [6.07, 6.45) is -5.39. The van der Waals surface area contributed by atoms with Crippen LogP contribution in [0.5, 0.6) is 28.7 Å². The van der Waals surface area contributed by atoms with Crippen LogP contribution >= 0.6 is 0 Å². The summed E-state index contributed by atoms with van der Waals surface area (Å²) in [4.78, 5) is 12.8. The van der Waals surface area contributed by atoms with E-state index in [9.17, 15) is 35.4 Å². The Morgan fingerprint density at radius 2 is 1.79 bits per heavy atom. The Morgan fingerprint density at radius 3 is 2.47 bits per heavy atom. The van der Waals surface area contributed by atoms with Crippen molar-refractivity contribution in [2.45, 2.75) is 30.6 Å². The van der Waals surface area contributed by atoms with Gasteiger partial charge in [-0.1, -0.05) is 0 Å². The molecule has 4 rings (SSSR count). The number of aliphatic hydroxyl groups is 3. The number of fused-ring (bicyclic) bond motifs is 1. The highest BCUT2D eigenvalue weighted by molar-refractivity contribution is 5.88. The first-order valence-electron chi connectivity index (χ1n) is 10.1. The number of hydrogen-bond donors (Lipinski definition) is 7. The van der Waals surface area contributed by atoms with Crippen molar-refractivity contribution in [1.29, 1.82) is 0 Å². The molecular weight excluding hydrogens is 454 g/mol. The quantitative estimate of drug-likeness (QED) is 0.254. The first-order valence-corrected chi connectivity index (χ1v) is 10.1. The largest absolute Gasteiger partial charge is 0.507 e. The van der Waals surface area contributed by atoms with E-state index in [1.165, 1.54) is 31.4 Å². The second-order valence-corrected chi connectivity index (χ2v) is 7.71. The lowest BCUT2D eigenvalue weighted by molar-refractivity contribution is -0.239. The number of ether oxygens (including phenoxy) is 3. The third-order valence-corrected chi connectivity index (χ3v) is 5.55. The molecule has 12 heteroatoms. The van der Waals surface area contributed by atoms with Crippen molar-refractivity contribution in [3.05, 3.63) is 40.6 Å². The van der Waals surface area contributed by atoms with Gasteiger partial charge in [-0.2, -0.15) is 0 Å². The predicted molar refractivity (Wildman–Crippen MR) is 116 cm³/mol. The molecule has 1 aliphatic heterocycles. The summed E-state index contributed by atoms with van der Waals surface area (Å²) in [6.45, 7) is -0.610. The molecule has 0 radical (unpaired) electrons. The SMILES string of the molecule is COc1cc(-c2oc3cc(O[C@H]4O[C@@H](CO)[C@@H](O)[C@H](O)[C@H]4N)cc(O)c3c(=O)c2O)ccc1O. The first kappa shape index (κ1) is 23.6. The smallest absolute Gasteiger partial charge is 0.238 e. The third-order valence-electron chi connectivity index (χ3n) is 5.55. The monoisotopic (exact) mass is 477 g/mol. The minimum atomic E-state index is -1.46. The number of rotatable bonds is 5. The molecule has 0 unspecified atom stereocenters.